The summed E-state index contributed by atoms with van der Waals surface area (Å²) >= 11 is 0. The number of ether oxygens (including phenoxy) is 3. The van der Waals surface area contributed by atoms with Crippen LogP contribution in [0.4, 0.5) is 5.69 Å². The molecule has 0 saturated carbocycles. The van der Waals surface area contributed by atoms with Crippen molar-refractivity contribution >= 4 is 11.7 Å². The van der Waals surface area contributed by atoms with Crippen molar-refractivity contribution in [2.24, 2.45) is 0 Å². The Morgan fingerprint density at radius 2 is 1.68 bits per heavy atom. The first-order valence-electron chi connectivity index (χ1n) is 7.60. The van der Waals surface area contributed by atoms with Crippen LogP contribution in [-0.4, -0.2) is 25.1 Å². The van der Waals surface area contributed by atoms with E-state index in [-0.39, 0.29) is 17.9 Å². The van der Waals surface area contributed by atoms with Gasteiger partial charge in [0, 0.05) is 24.1 Å². The van der Waals surface area contributed by atoms with Gasteiger partial charge in [-0.2, -0.15) is 0 Å². The summed E-state index contributed by atoms with van der Waals surface area (Å²) in [5, 5.41) is 10.8. The largest absolute Gasteiger partial charge is 0.497 e. The molecule has 0 radical (unpaired) electrons. The number of hydrogen-bond acceptors (Lipinski definition) is 6. The Morgan fingerprint density at radius 1 is 1.04 bits per heavy atom. The van der Waals surface area contributed by atoms with Gasteiger partial charge in [0.25, 0.3) is 5.69 Å². The lowest BCUT2D eigenvalue weighted by Crippen LogP contribution is -2.09. The molecule has 2 aromatic carbocycles. The number of rotatable bonds is 7. The van der Waals surface area contributed by atoms with Crippen molar-refractivity contribution in [2.75, 3.05) is 14.2 Å². The van der Waals surface area contributed by atoms with Crippen molar-refractivity contribution in [3.05, 3.63) is 57.6 Å². The fourth-order valence-corrected chi connectivity index (χ4v) is 2.34. The monoisotopic (exact) mass is 345 g/mol. The number of benzene rings is 2. The lowest BCUT2D eigenvalue weighted by molar-refractivity contribution is -0.385. The maximum atomic E-state index is 12.0. The van der Waals surface area contributed by atoms with Gasteiger partial charge in [-0.1, -0.05) is 0 Å². The summed E-state index contributed by atoms with van der Waals surface area (Å²) < 4.78 is 15.6. The van der Waals surface area contributed by atoms with E-state index in [9.17, 15) is 14.9 Å². The van der Waals surface area contributed by atoms with Crippen LogP contribution in [0.2, 0.25) is 0 Å². The van der Waals surface area contributed by atoms with Gasteiger partial charge in [0.1, 0.15) is 17.2 Å². The molecule has 0 saturated heterocycles. The molecule has 7 heteroatoms. The second kappa shape index (κ2) is 8.14. The minimum atomic E-state index is -0.475. The van der Waals surface area contributed by atoms with Crippen LogP contribution in [0, 0.1) is 17.0 Å². The predicted molar refractivity (Wildman–Crippen MR) is 91.3 cm³/mol. The maximum absolute atomic E-state index is 12.0. The molecule has 2 aromatic rings. The summed E-state index contributed by atoms with van der Waals surface area (Å²) in [6.45, 7) is 1.60. The molecule has 7 nitrogen and oxygen atoms in total. The number of aryl methyl sites for hydroxylation is 2. The highest BCUT2D eigenvalue weighted by Gasteiger charge is 2.13. The van der Waals surface area contributed by atoms with E-state index in [1.807, 2.05) is 12.1 Å². The molecule has 0 amide bonds. The van der Waals surface area contributed by atoms with Crippen LogP contribution in [0.15, 0.2) is 36.4 Å². The Kier molecular flexibility index (Phi) is 5.94. The molecule has 0 unspecified atom stereocenters. The van der Waals surface area contributed by atoms with E-state index in [4.69, 9.17) is 14.2 Å². The molecule has 0 bridgehead atoms. The lowest BCUT2D eigenvalue weighted by atomic mass is 10.1. The van der Waals surface area contributed by atoms with E-state index in [2.05, 4.69) is 0 Å². The topological polar surface area (TPSA) is 87.9 Å². The van der Waals surface area contributed by atoms with Crippen LogP contribution in [-0.2, 0) is 11.2 Å². The molecular weight excluding hydrogens is 326 g/mol. The molecule has 0 N–H and O–H groups in total. The van der Waals surface area contributed by atoms with Crippen LogP contribution in [0.1, 0.15) is 17.5 Å². The second-order valence-corrected chi connectivity index (χ2v) is 5.40. The zero-order valence-corrected chi connectivity index (χ0v) is 14.3. The van der Waals surface area contributed by atoms with Gasteiger partial charge in [0.05, 0.1) is 19.1 Å². The van der Waals surface area contributed by atoms with E-state index in [1.54, 1.807) is 27.2 Å². The van der Waals surface area contributed by atoms with Gasteiger partial charge in [0.2, 0.25) is 0 Å². The number of methoxy groups -OCH3 is 2. The van der Waals surface area contributed by atoms with Gasteiger partial charge in [0.15, 0.2) is 0 Å². The normalized spacial score (nSPS) is 10.2. The van der Waals surface area contributed by atoms with E-state index in [0.29, 0.717) is 23.5 Å². The number of nitrogens with zero attached hydrogens (tertiary/aromatic N) is 1. The predicted octanol–water partition coefficient (Wildman–Crippen LogP) is 3.46. The molecule has 2 rings (SSSR count). The smallest absolute Gasteiger partial charge is 0.311 e. The van der Waals surface area contributed by atoms with Crippen molar-refractivity contribution in [3.63, 3.8) is 0 Å². The molecule has 0 spiro atoms. The lowest BCUT2D eigenvalue weighted by Gasteiger charge is -2.09. The number of esters is 1. The second-order valence-electron chi connectivity index (χ2n) is 5.40. The molecule has 0 aliphatic carbocycles. The Hall–Kier alpha value is -3.09. The standard InChI is InChI=1S/C18H19NO6/c1-12-8-14(5-6-17(12)19(21)22)25-18(20)7-4-13-9-15(23-2)11-16(10-13)24-3/h5-6,8-11H,4,7H2,1-3H3. The summed E-state index contributed by atoms with van der Waals surface area (Å²) in [7, 11) is 3.12. The molecule has 0 fully saturated rings. The molecule has 0 heterocycles. The first kappa shape index (κ1) is 18.3. The molecule has 0 aliphatic heterocycles. The van der Waals surface area contributed by atoms with Gasteiger partial charge in [-0.3, -0.25) is 14.9 Å². The average Bonchev–Trinajstić information content (AvgIpc) is 2.59. The van der Waals surface area contributed by atoms with E-state index in [1.165, 1.54) is 18.2 Å². The maximum Gasteiger partial charge on any atom is 0.311 e. The summed E-state index contributed by atoms with van der Waals surface area (Å²) in [6.07, 6.45) is 0.616. The minimum absolute atomic E-state index is 0.0109. The SMILES string of the molecule is COc1cc(CCC(=O)Oc2ccc([N+](=O)[O-])c(C)c2)cc(OC)c1. The minimum Gasteiger partial charge on any atom is -0.497 e. The first-order chi connectivity index (χ1) is 11.9. The van der Waals surface area contributed by atoms with Gasteiger partial charge in [-0.05, 0) is 43.2 Å². The molecule has 25 heavy (non-hydrogen) atoms. The van der Waals surface area contributed by atoms with Gasteiger partial charge < -0.3 is 14.2 Å². The Labute approximate surface area is 145 Å². The Balaban J connectivity index is 1.99. The number of nitro groups is 1. The van der Waals surface area contributed by atoms with Crippen molar-refractivity contribution in [1.82, 2.24) is 0 Å². The highest BCUT2D eigenvalue weighted by molar-refractivity contribution is 5.73. The zero-order valence-electron chi connectivity index (χ0n) is 14.3. The fourth-order valence-electron chi connectivity index (χ4n) is 2.34. The number of carbonyl (C=O) groups is 1. The Bertz CT molecular complexity index is 765. The molecule has 132 valence electrons. The van der Waals surface area contributed by atoms with Crippen LogP contribution < -0.4 is 14.2 Å². The number of nitro benzene ring substituents is 1. The van der Waals surface area contributed by atoms with E-state index < -0.39 is 10.9 Å². The summed E-state index contributed by atoms with van der Waals surface area (Å²) in [4.78, 5) is 22.3. The van der Waals surface area contributed by atoms with Crippen LogP contribution in [0.3, 0.4) is 0 Å². The Morgan fingerprint density at radius 3 is 2.20 bits per heavy atom. The van der Waals surface area contributed by atoms with Crippen LogP contribution in [0.25, 0.3) is 0 Å². The first-order valence-corrected chi connectivity index (χ1v) is 7.60. The van der Waals surface area contributed by atoms with Crippen molar-refractivity contribution < 1.29 is 23.9 Å². The quantitative estimate of drug-likeness (QED) is 0.330. The molecule has 0 atom stereocenters. The van der Waals surface area contributed by atoms with Crippen molar-refractivity contribution in [1.29, 1.82) is 0 Å². The van der Waals surface area contributed by atoms with Crippen molar-refractivity contribution in [2.45, 2.75) is 19.8 Å². The molecule has 0 aromatic heterocycles. The molecular formula is C18H19NO6. The highest BCUT2D eigenvalue weighted by Crippen LogP contribution is 2.25. The fraction of sp³-hybridized carbons (Fsp3) is 0.278. The average molecular weight is 345 g/mol. The molecule has 0 aliphatic rings. The summed E-state index contributed by atoms with van der Waals surface area (Å²) in [6, 6.07) is 9.62. The third kappa shape index (κ3) is 4.94. The third-order valence-corrected chi connectivity index (χ3v) is 3.63. The summed E-state index contributed by atoms with van der Waals surface area (Å²) in [5.74, 6) is 1.16. The number of hydrogen-bond donors (Lipinski definition) is 0. The van der Waals surface area contributed by atoms with E-state index >= 15 is 0 Å². The van der Waals surface area contributed by atoms with Gasteiger partial charge in [-0.25, -0.2) is 0 Å². The summed E-state index contributed by atoms with van der Waals surface area (Å²) in [5.41, 5.74) is 1.31. The van der Waals surface area contributed by atoms with E-state index in [0.717, 1.165) is 5.56 Å². The van der Waals surface area contributed by atoms with Crippen LogP contribution in [0.5, 0.6) is 17.2 Å². The zero-order chi connectivity index (χ0) is 18.4. The van der Waals surface area contributed by atoms with Crippen LogP contribution >= 0.6 is 0 Å². The van der Waals surface area contributed by atoms with Gasteiger partial charge in [-0.15, -0.1) is 0 Å². The third-order valence-electron chi connectivity index (χ3n) is 3.63. The number of carbonyl (C=O) groups excluding carboxylic acids is 1. The van der Waals surface area contributed by atoms with Gasteiger partial charge >= 0.3 is 5.97 Å². The highest BCUT2D eigenvalue weighted by atomic mass is 16.6. The van der Waals surface area contributed by atoms with Crippen molar-refractivity contribution in [3.8, 4) is 17.2 Å².